The van der Waals surface area contributed by atoms with Crippen molar-refractivity contribution >= 4 is 83.4 Å². The van der Waals surface area contributed by atoms with E-state index in [4.69, 9.17) is 23.7 Å². The second-order valence-corrected chi connectivity index (χ2v) is 44.6. The van der Waals surface area contributed by atoms with Crippen molar-refractivity contribution in [1.82, 2.24) is 14.2 Å². The van der Waals surface area contributed by atoms with Crippen LogP contribution in [0.4, 0.5) is 65.9 Å². The van der Waals surface area contributed by atoms with Crippen LogP contribution < -0.4 is 14.2 Å². The van der Waals surface area contributed by atoms with Crippen LogP contribution in [-0.4, -0.2) is 172 Å². The fourth-order valence-electron chi connectivity index (χ4n) is 11.1. The predicted octanol–water partition coefficient (Wildman–Crippen LogP) is 24.0. The quantitative estimate of drug-likeness (QED) is 0.0123. The topological polar surface area (TPSA) is 399 Å². The number of sulfonamides is 3. The maximum Gasteiger partial charge on any atom is 0.516 e. The van der Waals surface area contributed by atoms with E-state index >= 15 is 0 Å². The van der Waals surface area contributed by atoms with Crippen LogP contribution in [0.25, 0.3) is 0 Å². The number of amides is 3. The highest BCUT2D eigenvalue weighted by molar-refractivity contribution is 7.91. The minimum absolute atomic E-state index is 0. The Balaban J connectivity index is -0.000000155. The maximum atomic E-state index is 13.7. The molecule has 3 aliphatic carbocycles. The molecule has 3 amide bonds. The SMILES string of the molecule is C.C.C.C.C.C.C.C.CCC(C)(C)C(=O)NS(=O)(=O)C(F)(F)F.CCC(C)(C)C(=O)NS(=O)(=O)C1CCCCC1.CCC(C)(C)C(=O)NS(C)(=O)=O.CCC(C)(C)C(=O)OC(C)(c1ccc(C(C)(O)C(F)(F)F)cc1)C(F)(F)F.CCC(C)(C)C(=O)OC(CC(C)(O)C(F)(F)F)C(C)C.CCC(C)(C)C(=O)OC(CC(C)(O)C(F)(F)F)C1CC2CCC1C2.CCC(C)(C)C(=O)OCCOC(=O)CC(C)=O. The lowest BCUT2D eigenvalue weighted by atomic mass is 9.80. The zero-order valence-electron chi connectivity index (χ0n) is 81.6. The van der Waals surface area contributed by atoms with Crippen molar-refractivity contribution in [1.29, 1.82) is 0 Å². The number of carbonyl (C=O) groups excluding carboxylic acids is 9. The number of carbonyl (C=O) groups is 9. The Bertz CT molecular complexity index is 4250. The van der Waals surface area contributed by atoms with Gasteiger partial charge in [-0.2, -0.15) is 74.3 Å². The second-order valence-electron chi connectivity index (χ2n) is 39.2. The molecule has 0 heterocycles. The first kappa shape index (κ1) is 156. The fraction of sp³-hybridized carbons (Fsp3) is 0.844. The van der Waals surface area contributed by atoms with Crippen molar-refractivity contribution in [3.63, 3.8) is 0 Å². The van der Waals surface area contributed by atoms with Crippen LogP contribution in [0.2, 0.25) is 0 Å². The van der Waals surface area contributed by atoms with E-state index in [-0.39, 0.29) is 127 Å². The Hall–Kier alpha value is -6.67. The van der Waals surface area contributed by atoms with E-state index in [0.29, 0.717) is 77.6 Å². The van der Waals surface area contributed by atoms with E-state index in [0.717, 1.165) is 87.1 Å². The molecule has 0 aromatic heterocycles. The number of esters is 5. The Morgan fingerprint density at radius 3 is 1.08 bits per heavy atom. The zero-order chi connectivity index (χ0) is 105. The van der Waals surface area contributed by atoms with Gasteiger partial charge in [0.2, 0.25) is 43.4 Å². The monoisotopic (exact) mass is 2120 g/mol. The highest BCUT2D eigenvalue weighted by Gasteiger charge is 2.60. The molecule has 4 rings (SSSR count). The molecule has 26 nitrogen and oxygen atoms in total. The van der Waals surface area contributed by atoms with Gasteiger partial charge >= 0.3 is 70.1 Å². The molecule has 3 aliphatic rings. The molecule has 44 heteroatoms. The van der Waals surface area contributed by atoms with Gasteiger partial charge in [-0.1, -0.05) is 213 Å². The third-order valence-corrected chi connectivity index (χ3v) is 28.0. The van der Waals surface area contributed by atoms with E-state index < -0.39 is 192 Å². The number of rotatable bonds is 34. The van der Waals surface area contributed by atoms with Crippen molar-refractivity contribution < 1.29 is 173 Å². The average molecular weight is 2120 g/mol. The molecule has 3 fully saturated rings. The van der Waals surface area contributed by atoms with Crippen molar-refractivity contribution in [2.75, 3.05) is 19.5 Å². The molecule has 9 atom stereocenters. The van der Waals surface area contributed by atoms with Gasteiger partial charge in [0.15, 0.2) is 16.8 Å². The molecule has 838 valence electrons. The number of Topliss-reactive ketones (excluding diaryl/α,β-unsaturated/α-hetero) is 1. The molecule has 140 heavy (non-hydrogen) atoms. The lowest BCUT2D eigenvalue weighted by Crippen LogP contribution is -2.48. The summed E-state index contributed by atoms with van der Waals surface area (Å²) in [6.07, 6.45) is -10.3. The van der Waals surface area contributed by atoms with Gasteiger partial charge in [0.25, 0.3) is 0 Å². The Labute approximate surface area is 828 Å². The molecule has 0 radical (unpaired) electrons. The summed E-state index contributed by atoms with van der Waals surface area (Å²) in [5, 5.41) is 28.7. The van der Waals surface area contributed by atoms with Crippen LogP contribution in [0.5, 0.6) is 0 Å². The van der Waals surface area contributed by atoms with Gasteiger partial charge in [0.1, 0.15) is 37.6 Å². The van der Waals surface area contributed by atoms with E-state index in [1.54, 1.807) is 104 Å². The number of ether oxygens (including phenoxy) is 5. The summed E-state index contributed by atoms with van der Waals surface area (Å²) in [5.41, 5.74) is -24.3. The molecule has 0 spiro atoms. The van der Waals surface area contributed by atoms with Crippen LogP contribution in [-0.2, 0) is 108 Å². The summed E-state index contributed by atoms with van der Waals surface area (Å²) in [5.74, 6) is -4.83. The number of hydrogen-bond donors (Lipinski definition) is 6. The van der Waals surface area contributed by atoms with E-state index in [1.807, 2.05) is 32.4 Å². The summed E-state index contributed by atoms with van der Waals surface area (Å²) in [4.78, 5) is 104. The number of benzene rings is 1. The van der Waals surface area contributed by atoms with Gasteiger partial charge in [0.05, 0.1) is 33.2 Å². The van der Waals surface area contributed by atoms with Gasteiger partial charge in [-0.25, -0.2) is 21.6 Å². The first-order valence-electron chi connectivity index (χ1n) is 43.5. The maximum absolute atomic E-state index is 13.7. The highest BCUT2D eigenvalue weighted by atomic mass is 32.2. The number of ketones is 1. The first-order valence-corrected chi connectivity index (χ1v) is 48.4. The van der Waals surface area contributed by atoms with Crippen molar-refractivity contribution in [2.24, 2.45) is 61.6 Å². The average Bonchev–Trinajstić information content (AvgIpc) is 0.835. The molecular weight excluding hydrogens is 1940 g/mol. The lowest BCUT2D eigenvalue weighted by Gasteiger charge is -2.37. The predicted molar refractivity (Wildman–Crippen MR) is 517 cm³/mol. The van der Waals surface area contributed by atoms with Crippen LogP contribution in [0, 0.1) is 61.6 Å². The molecule has 0 saturated heterocycles. The third-order valence-electron chi connectivity index (χ3n) is 24.6. The number of aliphatic hydroxyl groups is 3. The van der Waals surface area contributed by atoms with Gasteiger partial charge in [-0.05, 0) is 196 Å². The first-order chi connectivity index (χ1) is 58.7. The van der Waals surface area contributed by atoms with Crippen LogP contribution in [0.1, 0.15) is 386 Å². The van der Waals surface area contributed by atoms with Crippen LogP contribution in [0.15, 0.2) is 24.3 Å². The standard InChI is InChI=1S/C18H22F6O3.C18H29F3O3.C14H25F3O3.C12H23NO3S.C12H20O5.C7H12F3NO3S.C7H15NO3S.8CH4/c1-6-14(2,3)13(25)27-16(5,18(22,23)24)12-9-7-11(8-10-12)15(4,26)17(19,20)21;1-5-16(2,3)15(22)24-14(10-17(4,23)18(19,20)21)13-9-11-6-7-12(13)8-11;1-7-12(4,5)11(18)20-10(9(2)3)8-13(6,19)14(15,16)17;1-4-12(2,3)11(14)13-17(15,16)10-8-6-5-7-9-10;1-5-12(3,4)11(15)17-7-6-16-10(14)8-9(2)13;1-4-6(2,3)5(12)11-15(13,14)7(8,9)10;1-5-7(2,3)6(9)8-12(4,10)11;;;;;;;;/h7-10,26H,6H2,1-5H3;11-14,23H,5-10H2,1-4H3;9-10,19H,7-8H2,1-6H3;10H,4-9H2,1-3H3,(H,13,14);5-8H2,1-4H3;4H2,1-3H3,(H,11,12);5H2,1-4H3,(H,8,9);8*1H4. The summed E-state index contributed by atoms with van der Waals surface area (Å²) >= 11 is 0. The summed E-state index contributed by atoms with van der Waals surface area (Å²) in [6.45, 7) is 42.5. The summed E-state index contributed by atoms with van der Waals surface area (Å²) < 4.78 is 290. The molecule has 3 saturated carbocycles. The minimum atomic E-state index is -5.59. The second kappa shape index (κ2) is 60.4. The van der Waals surface area contributed by atoms with Gasteiger partial charge in [-0.15, -0.1) is 0 Å². The van der Waals surface area contributed by atoms with Gasteiger partial charge < -0.3 is 39.0 Å². The zero-order valence-corrected chi connectivity index (χ0v) is 84.1. The third kappa shape index (κ3) is 49.9. The van der Waals surface area contributed by atoms with E-state index in [2.05, 4.69) is 4.72 Å². The smallest absolute Gasteiger partial charge is 0.462 e. The van der Waals surface area contributed by atoms with Crippen molar-refractivity contribution in [3.05, 3.63) is 35.4 Å². The van der Waals surface area contributed by atoms with Crippen LogP contribution >= 0.6 is 0 Å². The highest BCUT2D eigenvalue weighted by Crippen LogP contribution is 2.53. The van der Waals surface area contributed by atoms with Crippen molar-refractivity contribution in [3.8, 4) is 0 Å². The minimum Gasteiger partial charge on any atom is -0.462 e. The van der Waals surface area contributed by atoms with Crippen molar-refractivity contribution in [2.45, 2.75) is 445 Å². The van der Waals surface area contributed by atoms with Gasteiger partial charge in [-0.3, -0.25) is 52.6 Å². The Kier molecular flexibility index (Phi) is 67.4. The molecule has 6 N–H and O–H groups in total. The number of alkyl halides is 15. The Morgan fingerprint density at radius 1 is 0.414 bits per heavy atom. The Morgan fingerprint density at radius 2 is 0.757 bits per heavy atom. The van der Waals surface area contributed by atoms with Gasteiger partial charge in [0, 0.05) is 34.7 Å². The van der Waals surface area contributed by atoms with E-state index in [1.165, 1.54) is 34.6 Å². The molecule has 1 aromatic rings. The molecule has 2 bridgehead atoms. The molecule has 0 aliphatic heterocycles. The number of halogens is 15. The van der Waals surface area contributed by atoms with E-state index in [9.17, 15) is 150 Å². The molecule has 9 unspecified atom stereocenters. The number of nitrogens with one attached hydrogen (secondary N) is 3. The summed E-state index contributed by atoms with van der Waals surface area (Å²) in [7, 11) is -12.5. The lowest BCUT2D eigenvalue weighted by molar-refractivity contribution is -0.273. The molecule has 1 aromatic carbocycles. The normalized spacial score (nSPS) is 17.4. The summed E-state index contributed by atoms with van der Waals surface area (Å²) in [6, 6.07) is 2.97. The number of hydrogen-bond acceptors (Lipinski definition) is 23. The fourth-order valence-corrected chi connectivity index (χ4v) is 14.0. The molecular formula is C96H178F15N3O23S3. The van der Waals surface area contributed by atoms with Crippen LogP contribution in [0.3, 0.4) is 0 Å². The largest absolute Gasteiger partial charge is 0.516 e. The number of fused-ring (bicyclic) bond motifs is 2.